The van der Waals surface area contributed by atoms with E-state index < -0.39 is 5.97 Å². The Bertz CT molecular complexity index is 408. The van der Waals surface area contributed by atoms with Crippen LogP contribution in [-0.2, 0) is 9.53 Å². The number of carbonyl (C=O) groups is 1. The van der Waals surface area contributed by atoms with E-state index in [0.717, 1.165) is 12.6 Å². The molecule has 0 N–H and O–H groups in total. The maximum atomic E-state index is 10.8. The van der Waals surface area contributed by atoms with E-state index >= 15 is 0 Å². The van der Waals surface area contributed by atoms with Crippen molar-refractivity contribution in [2.24, 2.45) is 0 Å². The normalized spacial score (nSPS) is 9.06. The molecule has 0 saturated carbocycles. The standard InChI is InChI=1S/C13H15N3O2/c1-3-13(17)18-9-8-16(4-2)7-5-6-12(10-14)11-15/h3,5-7H,1,4,8-9H2,2H3/b7-5-. The van der Waals surface area contributed by atoms with Gasteiger partial charge in [-0.2, -0.15) is 10.5 Å². The minimum absolute atomic E-state index is 0.0420. The third-order valence-corrected chi connectivity index (χ3v) is 2.00. The maximum Gasteiger partial charge on any atom is 0.330 e. The van der Waals surface area contributed by atoms with Crippen molar-refractivity contribution in [3.8, 4) is 12.1 Å². The summed E-state index contributed by atoms with van der Waals surface area (Å²) in [5.41, 5.74) is 0.0420. The molecule has 0 aliphatic rings. The highest BCUT2D eigenvalue weighted by Crippen LogP contribution is 1.94. The summed E-state index contributed by atoms with van der Waals surface area (Å²) in [7, 11) is 0. The third-order valence-electron chi connectivity index (χ3n) is 2.00. The second-order valence-electron chi connectivity index (χ2n) is 3.15. The number of hydrogen-bond donors (Lipinski definition) is 0. The van der Waals surface area contributed by atoms with Gasteiger partial charge >= 0.3 is 5.97 Å². The lowest BCUT2D eigenvalue weighted by Gasteiger charge is -2.17. The molecule has 0 aromatic carbocycles. The predicted octanol–water partition coefficient (Wildman–Crippen LogP) is 1.52. The Kier molecular flexibility index (Phi) is 8.32. The molecule has 0 amide bonds. The summed E-state index contributed by atoms with van der Waals surface area (Å²) < 4.78 is 4.84. The van der Waals surface area contributed by atoms with E-state index in [1.807, 2.05) is 11.8 Å². The summed E-state index contributed by atoms with van der Waals surface area (Å²) in [4.78, 5) is 12.7. The van der Waals surface area contributed by atoms with E-state index in [1.54, 1.807) is 24.4 Å². The maximum absolute atomic E-state index is 10.8. The lowest BCUT2D eigenvalue weighted by Crippen LogP contribution is -2.22. The molecule has 5 nitrogen and oxygen atoms in total. The molecule has 0 bridgehead atoms. The highest BCUT2D eigenvalue weighted by Gasteiger charge is 1.98. The minimum atomic E-state index is -0.453. The van der Waals surface area contributed by atoms with Gasteiger partial charge in [0.25, 0.3) is 0 Å². The van der Waals surface area contributed by atoms with E-state index in [2.05, 4.69) is 6.58 Å². The number of hydrogen-bond acceptors (Lipinski definition) is 5. The summed E-state index contributed by atoms with van der Waals surface area (Å²) in [6.45, 7) is 6.76. The predicted molar refractivity (Wildman–Crippen MR) is 66.9 cm³/mol. The van der Waals surface area contributed by atoms with Crippen LogP contribution in [0.5, 0.6) is 0 Å². The topological polar surface area (TPSA) is 77.1 Å². The Morgan fingerprint density at radius 3 is 2.61 bits per heavy atom. The van der Waals surface area contributed by atoms with Gasteiger partial charge < -0.3 is 9.64 Å². The van der Waals surface area contributed by atoms with Gasteiger partial charge in [-0.3, -0.25) is 0 Å². The Morgan fingerprint density at radius 1 is 1.44 bits per heavy atom. The Hall–Kier alpha value is -2.53. The fourth-order valence-electron chi connectivity index (χ4n) is 1.02. The summed E-state index contributed by atoms with van der Waals surface area (Å²) in [5, 5.41) is 17.0. The van der Waals surface area contributed by atoms with Gasteiger partial charge in [-0.25, -0.2) is 4.79 Å². The number of nitriles is 2. The van der Waals surface area contributed by atoms with Crippen LogP contribution in [0.2, 0.25) is 0 Å². The molecule has 0 unspecified atom stereocenters. The Morgan fingerprint density at radius 2 is 2.11 bits per heavy atom. The van der Waals surface area contributed by atoms with Gasteiger partial charge in [0.2, 0.25) is 0 Å². The molecular weight excluding hydrogens is 230 g/mol. The van der Waals surface area contributed by atoms with Gasteiger partial charge in [-0.1, -0.05) is 6.58 Å². The van der Waals surface area contributed by atoms with Gasteiger partial charge in [0.05, 0.1) is 6.54 Å². The zero-order valence-corrected chi connectivity index (χ0v) is 10.3. The van der Waals surface area contributed by atoms with Crippen molar-refractivity contribution >= 4 is 5.97 Å². The molecule has 0 spiro atoms. The summed E-state index contributed by atoms with van der Waals surface area (Å²) in [6.07, 6.45) is 5.89. The molecule has 0 radical (unpaired) electrons. The fourth-order valence-corrected chi connectivity index (χ4v) is 1.02. The minimum Gasteiger partial charge on any atom is -0.461 e. The van der Waals surface area contributed by atoms with Crippen molar-refractivity contribution < 1.29 is 9.53 Å². The molecule has 94 valence electrons. The van der Waals surface area contributed by atoms with E-state index in [9.17, 15) is 4.79 Å². The van der Waals surface area contributed by atoms with E-state index in [-0.39, 0.29) is 12.2 Å². The zero-order chi connectivity index (χ0) is 13.8. The largest absolute Gasteiger partial charge is 0.461 e. The number of rotatable bonds is 7. The monoisotopic (exact) mass is 245 g/mol. The molecule has 0 aliphatic carbocycles. The van der Waals surface area contributed by atoms with Crippen molar-refractivity contribution in [1.29, 1.82) is 10.5 Å². The van der Waals surface area contributed by atoms with Crippen LogP contribution in [0.1, 0.15) is 6.92 Å². The molecule has 0 rings (SSSR count). The van der Waals surface area contributed by atoms with Crippen LogP contribution in [0.4, 0.5) is 0 Å². The van der Waals surface area contributed by atoms with E-state index in [1.165, 1.54) is 6.08 Å². The summed E-state index contributed by atoms with van der Waals surface area (Å²) in [6, 6.07) is 3.52. The van der Waals surface area contributed by atoms with Crippen LogP contribution in [-0.4, -0.2) is 30.6 Å². The van der Waals surface area contributed by atoms with E-state index in [4.69, 9.17) is 15.3 Å². The smallest absolute Gasteiger partial charge is 0.330 e. The van der Waals surface area contributed by atoms with Crippen LogP contribution in [0.25, 0.3) is 0 Å². The SMILES string of the molecule is C=CC(=O)OCCN(/C=C\C=C(C#N)C#N)CC. The van der Waals surface area contributed by atoms with Gasteiger partial charge in [0.15, 0.2) is 0 Å². The third kappa shape index (κ3) is 6.86. The van der Waals surface area contributed by atoms with Crippen molar-refractivity contribution in [3.63, 3.8) is 0 Å². The Balaban J connectivity index is 4.20. The summed E-state index contributed by atoms with van der Waals surface area (Å²) in [5.74, 6) is -0.453. The first-order valence-corrected chi connectivity index (χ1v) is 5.39. The highest BCUT2D eigenvalue weighted by molar-refractivity contribution is 5.81. The van der Waals surface area contributed by atoms with Gasteiger partial charge in [0, 0.05) is 12.6 Å². The Labute approximate surface area is 107 Å². The number of allylic oxidation sites excluding steroid dienone is 3. The first-order valence-electron chi connectivity index (χ1n) is 5.39. The van der Waals surface area contributed by atoms with Crippen molar-refractivity contribution in [1.82, 2.24) is 4.90 Å². The lowest BCUT2D eigenvalue weighted by atomic mass is 10.3. The van der Waals surface area contributed by atoms with Crippen LogP contribution in [0, 0.1) is 22.7 Å². The molecule has 0 aromatic heterocycles. The highest BCUT2D eigenvalue weighted by atomic mass is 16.5. The second kappa shape index (κ2) is 9.68. The number of likely N-dealkylation sites (N-methyl/N-ethyl adjacent to an activating group) is 1. The first kappa shape index (κ1) is 15.5. The van der Waals surface area contributed by atoms with Crippen molar-refractivity contribution in [3.05, 3.63) is 36.6 Å². The second-order valence-corrected chi connectivity index (χ2v) is 3.15. The van der Waals surface area contributed by atoms with Crippen LogP contribution in [0.15, 0.2) is 36.6 Å². The van der Waals surface area contributed by atoms with Gasteiger partial charge in [-0.05, 0) is 25.3 Å². The zero-order valence-electron chi connectivity index (χ0n) is 10.3. The molecule has 5 heteroatoms. The van der Waals surface area contributed by atoms with Crippen molar-refractivity contribution in [2.75, 3.05) is 19.7 Å². The fraction of sp³-hybridized carbons (Fsp3) is 0.308. The van der Waals surface area contributed by atoms with Gasteiger partial charge in [-0.15, -0.1) is 0 Å². The number of ether oxygens (including phenoxy) is 1. The van der Waals surface area contributed by atoms with Crippen LogP contribution in [0.3, 0.4) is 0 Å². The molecule has 0 aliphatic heterocycles. The van der Waals surface area contributed by atoms with Crippen LogP contribution < -0.4 is 0 Å². The number of esters is 1. The van der Waals surface area contributed by atoms with E-state index in [0.29, 0.717) is 6.54 Å². The quantitative estimate of drug-likeness (QED) is 0.294. The molecule has 0 fully saturated rings. The lowest BCUT2D eigenvalue weighted by molar-refractivity contribution is -0.137. The average molecular weight is 245 g/mol. The molecule has 0 saturated heterocycles. The molecule has 0 atom stereocenters. The number of nitrogens with zero attached hydrogens (tertiary/aromatic N) is 3. The molecular formula is C13H15N3O2. The number of carbonyl (C=O) groups excluding carboxylic acids is 1. The van der Waals surface area contributed by atoms with Crippen LogP contribution >= 0.6 is 0 Å². The first-order chi connectivity index (χ1) is 8.67. The molecule has 18 heavy (non-hydrogen) atoms. The summed E-state index contributed by atoms with van der Waals surface area (Å²) >= 11 is 0. The molecule has 0 heterocycles. The van der Waals surface area contributed by atoms with Gasteiger partial charge in [0.1, 0.15) is 24.3 Å². The average Bonchev–Trinajstić information content (AvgIpc) is 2.41. The molecule has 0 aromatic rings. The van der Waals surface area contributed by atoms with Crippen molar-refractivity contribution in [2.45, 2.75) is 6.92 Å².